The van der Waals surface area contributed by atoms with Crippen LogP contribution >= 0.6 is 0 Å². The van der Waals surface area contributed by atoms with Crippen molar-refractivity contribution < 1.29 is 5.11 Å². The van der Waals surface area contributed by atoms with Crippen LogP contribution in [0.25, 0.3) is 5.52 Å². The molecule has 0 saturated carbocycles. The van der Waals surface area contributed by atoms with E-state index in [9.17, 15) is 5.11 Å². The van der Waals surface area contributed by atoms with Gasteiger partial charge in [0.2, 0.25) is 0 Å². The topological polar surface area (TPSA) is 61.6 Å². The molecule has 0 amide bonds. The van der Waals surface area contributed by atoms with Crippen molar-refractivity contribution in [3.05, 3.63) is 36.2 Å². The van der Waals surface area contributed by atoms with Crippen LogP contribution in [0.2, 0.25) is 0 Å². The van der Waals surface area contributed by atoms with Crippen molar-refractivity contribution in [3.8, 4) is 0 Å². The Labute approximate surface area is 112 Å². The van der Waals surface area contributed by atoms with Gasteiger partial charge in [0.1, 0.15) is 0 Å². The SMILES string of the molecule is O[C@@]1(CNCc2cnn3ccccc23)CCCNC1. The molecule has 3 rings (SSSR count). The number of aromatic nitrogens is 2. The predicted molar refractivity (Wildman–Crippen MR) is 74.0 cm³/mol. The smallest absolute Gasteiger partial charge is 0.0895 e. The molecule has 1 fully saturated rings. The van der Waals surface area contributed by atoms with E-state index >= 15 is 0 Å². The van der Waals surface area contributed by atoms with Crippen LogP contribution in [0.4, 0.5) is 0 Å². The van der Waals surface area contributed by atoms with Crippen molar-refractivity contribution in [2.75, 3.05) is 19.6 Å². The van der Waals surface area contributed by atoms with E-state index in [0.29, 0.717) is 13.1 Å². The Morgan fingerprint density at radius 1 is 1.47 bits per heavy atom. The number of fused-ring (bicyclic) bond motifs is 1. The van der Waals surface area contributed by atoms with Gasteiger partial charge in [0.15, 0.2) is 0 Å². The third-order valence-electron chi connectivity index (χ3n) is 3.73. The molecule has 0 aliphatic carbocycles. The van der Waals surface area contributed by atoms with Gasteiger partial charge in [-0.2, -0.15) is 5.10 Å². The number of hydrogen-bond acceptors (Lipinski definition) is 4. The quantitative estimate of drug-likeness (QED) is 0.751. The molecule has 1 aliphatic rings. The molecule has 1 aliphatic heterocycles. The van der Waals surface area contributed by atoms with E-state index in [1.165, 1.54) is 0 Å². The number of hydrogen-bond donors (Lipinski definition) is 3. The summed E-state index contributed by atoms with van der Waals surface area (Å²) in [7, 11) is 0. The molecule has 3 N–H and O–H groups in total. The maximum Gasteiger partial charge on any atom is 0.0895 e. The van der Waals surface area contributed by atoms with Crippen LogP contribution in [-0.2, 0) is 6.54 Å². The van der Waals surface area contributed by atoms with Gasteiger partial charge in [-0.3, -0.25) is 0 Å². The second kappa shape index (κ2) is 5.28. The second-order valence-electron chi connectivity index (χ2n) is 5.31. The summed E-state index contributed by atoms with van der Waals surface area (Å²) < 4.78 is 1.87. The van der Waals surface area contributed by atoms with Gasteiger partial charge >= 0.3 is 0 Å². The molecule has 102 valence electrons. The summed E-state index contributed by atoms with van der Waals surface area (Å²) in [6.45, 7) is 3.03. The maximum absolute atomic E-state index is 10.4. The first-order chi connectivity index (χ1) is 9.27. The molecule has 19 heavy (non-hydrogen) atoms. The Morgan fingerprint density at radius 3 is 3.26 bits per heavy atom. The normalized spacial score (nSPS) is 23.8. The van der Waals surface area contributed by atoms with Gasteiger partial charge in [-0.15, -0.1) is 0 Å². The van der Waals surface area contributed by atoms with E-state index in [1.807, 2.05) is 29.0 Å². The van der Waals surface area contributed by atoms with Gasteiger partial charge < -0.3 is 15.7 Å². The Balaban J connectivity index is 1.60. The van der Waals surface area contributed by atoms with Gasteiger partial charge in [-0.1, -0.05) is 6.07 Å². The summed E-state index contributed by atoms with van der Waals surface area (Å²) >= 11 is 0. The minimum absolute atomic E-state index is 0.610. The molecule has 0 aromatic carbocycles. The lowest BCUT2D eigenvalue weighted by Gasteiger charge is -2.32. The summed E-state index contributed by atoms with van der Waals surface area (Å²) in [6, 6.07) is 6.04. The zero-order valence-electron chi connectivity index (χ0n) is 11.0. The van der Waals surface area contributed by atoms with Crippen molar-refractivity contribution in [3.63, 3.8) is 0 Å². The van der Waals surface area contributed by atoms with Crippen LogP contribution in [0.5, 0.6) is 0 Å². The van der Waals surface area contributed by atoms with Crippen LogP contribution in [0.15, 0.2) is 30.6 Å². The molecular formula is C14H20N4O. The minimum Gasteiger partial charge on any atom is -0.387 e. The Morgan fingerprint density at radius 2 is 2.42 bits per heavy atom. The molecule has 5 nitrogen and oxygen atoms in total. The molecular weight excluding hydrogens is 240 g/mol. The number of nitrogens with one attached hydrogen (secondary N) is 2. The molecule has 3 heterocycles. The van der Waals surface area contributed by atoms with Gasteiger partial charge in [0.25, 0.3) is 0 Å². The van der Waals surface area contributed by atoms with Gasteiger partial charge in [0, 0.05) is 31.4 Å². The monoisotopic (exact) mass is 260 g/mol. The van der Waals surface area contributed by atoms with Crippen molar-refractivity contribution in [1.82, 2.24) is 20.2 Å². The van der Waals surface area contributed by atoms with Crippen LogP contribution < -0.4 is 10.6 Å². The van der Waals surface area contributed by atoms with Crippen LogP contribution in [0.1, 0.15) is 18.4 Å². The van der Waals surface area contributed by atoms with Crippen molar-refractivity contribution in [2.45, 2.75) is 25.0 Å². The Hall–Kier alpha value is -1.43. The van der Waals surface area contributed by atoms with Crippen LogP contribution in [0, 0.1) is 0 Å². The lowest BCUT2D eigenvalue weighted by Crippen LogP contribution is -2.51. The Kier molecular flexibility index (Phi) is 3.50. The van der Waals surface area contributed by atoms with E-state index in [0.717, 1.165) is 37.0 Å². The largest absolute Gasteiger partial charge is 0.387 e. The first-order valence-electron chi connectivity index (χ1n) is 6.82. The highest BCUT2D eigenvalue weighted by Crippen LogP contribution is 2.15. The number of nitrogens with zero attached hydrogens (tertiary/aromatic N) is 2. The fourth-order valence-corrected chi connectivity index (χ4v) is 2.66. The average Bonchev–Trinajstić information content (AvgIpc) is 2.83. The maximum atomic E-state index is 10.4. The second-order valence-corrected chi connectivity index (χ2v) is 5.31. The molecule has 0 spiro atoms. The van der Waals surface area contributed by atoms with Crippen molar-refractivity contribution in [2.24, 2.45) is 0 Å². The average molecular weight is 260 g/mol. The van der Waals surface area contributed by atoms with Crippen molar-refractivity contribution in [1.29, 1.82) is 0 Å². The van der Waals surface area contributed by atoms with Crippen molar-refractivity contribution >= 4 is 5.52 Å². The van der Waals surface area contributed by atoms with Gasteiger partial charge in [-0.25, -0.2) is 4.52 Å². The lowest BCUT2D eigenvalue weighted by molar-refractivity contribution is 0.0169. The number of pyridine rings is 1. The summed E-state index contributed by atoms with van der Waals surface area (Å²) in [5.41, 5.74) is 1.66. The summed E-state index contributed by atoms with van der Waals surface area (Å²) in [6.07, 6.45) is 5.72. The summed E-state index contributed by atoms with van der Waals surface area (Å²) in [4.78, 5) is 0. The number of aliphatic hydroxyl groups is 1. The molecule has 2 aromatic rings. The summed E-state index contributed by atoms with van der Waals surface area (Å²) in [5, 5.41) is 21.3. The van der Waals surface area contributed by atoms with E-state index in [4.69, 9.17) is 0 Å². The van der Waals surface area contributed by atoms with E-state index in [-0.39, 0.29) is 0 Å². The molecule has 2 aromatic heterocycles. The number of β-amino-alcohol motifs (C(OH)–C–C–N with tert-alkyl or cyclic N) is 1. The van der Waals surface area contributed by atoms with Crippen LogP contribution in [0.3, 0.4) is 0 Å². The first kappa shape index (κ1) is 12.6. The zero-order valence-corrected chi connectivity index (χ0v) is 11.0. The zero-order chi connectivity index (χ0) is 13.1. The standard InChI is InChI=1S/C14H20N4O/c19-14(5-3-6-15-10-14)11-16-8-12-9-17-18-7-2-1-4-13(12)18/h1-2,4,7,9,15-16,19H,3,5-6,8,10-11H2/t14-/m0/s1. The fourth-order valence-electron chi connectivity index (χ4n) is 2.66. The highest BCUT2D eigenvalue weighted by Gasteiger charge is 2.28. The lowest BCUT2D eigenvalue weighted by atomic mass is 9.94. The van der Waals surface area contributed by atoms with Gasteiger partial charge in [0.05, 0.1) is 17.3 Å². The van der Waals surface area contributed by atoms with Crippen LogP contribution in [-0.4, -0.2) is 40.0 Å². The molecule has 0 bridgehead atoms. The molecule has 5 heteroatoms. The minimum atomic E-state index is -0.610. The van der Waals surface area contributed by atoms with Gasteiger partial charge in [-0.05, 0) is 31.5 Å². The molecule has 1 atom stereocenters. The fraction of sp³-hybridized carbons (Fsp3) is 0.500. The van der Waals surface area contributed by atoms with E-state index in [2.05, 4.69) is 21.8 Å². The molecule has 0 radical (unpaired) electrons. The third-order valence-corrected chi connectivity index (χ3v) is 3.73. The summed E-state index contributed by atoms with van der Waals surface area (Å²) in [5.74, 6) is 0. The number of piperidine rings is 1. The highest BCUT2D eigenvalue weighted by molar-refractivity contribution is 5.53. The van der Waals surface area contributed by atoms with E-state index < -0.39 is 5.60 Å². The molecule has 0 unspecified atom stereocenters. The predicted octanol–water partition coefficient (Wildman–Crippen LogP) is 0.538. The Bertz CT molecular complexity index is 545. The van der Waals surface area contributed by atoms with E-state index in [1.54, 1.807) is 0 Å². The first-order valence-corrected chi connectivity index (χ1v) is 6.82. The third kappa shape index (κ3) is 2.78. The highest BCUT2D eigenvalue weighted by atomic mass is 16.3. The molecule has 1 saturated heterocycles. The number of rotatable bonds is 4.